The van der Waals surface area contributed by atoms with E-state index in [1.54, 1.807) is 19.2 Å². The highest BCUT2D eigenvalue weighted by molar-refractivity contribution is 5.94. The van der Waals surface area contributed by atoms with Crippen LogP contribution >= 0.6 is 0 Å². The number of carbonyl (C=O) groups excluding carboxylic acids is 1. The Morgan fingerprint density at radius 3 is 3.00 bits per heavy atom. The summed E-state index contributed by atoms with van der Waals surface area (Å²) in [6.07, 6.45) is 1.83. The molecule has 2 aliphatic rings. The van der Waals surface area contributed by atoms with Crippen molar-refractivity contribution in [2.45, 2.75) is 13.0 Å². The number of carbonyl (C=O) groups is 1. The van der Waals surface area contributed by atoms with Crippen LogP contribution in [0.3, 0.4) is 0 Å². The highest BCUT2D eigenvalue weighted by atomic mass is 19.1. The Balaban J connectivity index is 1.09. The molecule has 2 N–H and O–H groups in total. The molecule has 5 heterocycles. The topological polar surface area (TPSA) is 102 Å². The fourth-order valence-corrected chi connectivity index (χ4v) is 4.19. The van der Waals surface area contributed by atoms with Gasteiger partial charge in [-0.25, -0.2) is 14.4 Å². The number of rotatable bonds is 8. The zero-order chi connectivity index (χ0) is 22.8. The Kier molecular flexibility index (Phi) is 6.01. The van der Waals surface area contributed by atoms with Gasteiger partial charge in [-0.3, -0.25) is 9.78 Å². The molecule has 1 saturated heterocycles. The zero-order valence-electron chi connectivity index (χ0n) is 18.3. The first kappa shape index (κ1) is 21.5. The molecule has 0 radical (unpaired) electrons. The van der Waals surface area contributed by atoms with Gasteiger partial charge in [0.05, 0.1) is 30.0 Å². The second-order valence-electron chi connectivity index (χ2n) is 8.30. The van der Waals surface area contributed by atoms with Gasteiger partial charge in [0.2, 0.25) is 5.88 Å². The molecule has 0 aliphatic carbocycles. The van der Waals surface area contributed by atoms with Gasteiger partial charge in [0.1, 0.15) is 5.82 Å². The van der Waals surface area contributed by atoms with Crippen molar-refractivity contribution in [2.24, 2.45) is 5.92 Å². The molecule has 3 aromatic heterocycles. The maximum absolute atomic E-state index is 14.5. The predicted molar refractivity (Wildman–Crippen MR) is 120 cm³/mol. The van der Waals surface area contributed by atoms with Crippen LogP contribution in [0, 0.1) is 11.7 Å². The van der Waals surface area contributed by atoms with E-state index in [0.717, 1.165) is 31.9 Å². The number of methoxy groups -OCH3 is 1. The van der Waals surface area contributed by atoms with Crippen molar-refractivity contribution >= 4 is 22.8 Å². The summed E-state index contributed by atoms with van der Waals surface area (Å²) in [4.78, 5) is 26.7. The summed E-state index contributed by atoms with van der Waals surface area (Å²) in [6, 6.07) is 7.25. The van der Waals surface area contributed by atoms with Gasteiger partial charge in [-0.05, 0) is 30.5 Å². The number of halogens is 1. The van der Waals surface area contributed by atoms with E-state index < -0.39 is 0 Å². The van der Waals surface area contributed by atoms with Crippen LogP contribution in [0.25, 0.3) is 11.0 Å². The van der Waals surface area contributed by atoms with E-state index in [2.05, 4.69) is 30.5 Å². The smallest absolute Gasteiger partial charge is 0.263 e. The van der Waals surface area contributed by atoms with Crippen LogP contribution in [0.1, 0.15) is 11.3 Å². The molecule has 2 aliphatic heterocycles. The van der Waals surface area contributed by atoms with E-state index >= 15 is 0 Å². The zero-order valence-corrected chi connectivity index (χ0v) is 18.3. The molecule has 5 rings (SSSR count). The minimum atomic E-state index is -0.332. The third-order valence-electron chi connectivity index (χ3n) is 5.93. The fraction of sp³-hybridized carbons (Fsp3) is 0.391. The molecule has 0 bridgehead atoms. The number of amides is 1. The number of ether oxygens (including phenoxy) is 2. The molecule has 33 heavy (non-hydrogen) atoms. The second-order valence-corrected chi connectivity index (χ2v) is 8.30. The fourth-order valence-electron chi connectivity index (χ4n) is 4.19. The minimum absolute atomic E-state index is 0.0270. The highest BCUT2D eigenvalue weighted by Crippen LogP contribution is 2.26. The summed E-state index contributed by atoms with van der Waals surface area (Å²) in [7, 11) is 1.54. The lowest BCUT2D eigenvalue weighted by molar-refractivity contribution is -0.118. The standard InChI is InChI=1S/C23H25FN6O3/c1-32-21-5-3-18-22(29-21)16(17(24)10-26-18)6-7-30-11-14(12-30)8-25-9-15-2-4-19-23(27-15)28-20(31)13-33-19/h2-5,10,14,25H,6-9,11-13H2,1H3,(H,27,28,31). The quantitative estimate of drug-likeness (QED) is 0.533. The Morgan fingerprint density at radius 1 is 1.27 bits per heavy atom. The van der Waals surface area contributed by atoms with E-state index in [4.69, 9.17) is 9.47 Å². The summed E-state index contributed by atoms with van der Waals surface area (Å²) in [5.74, 6) is 1.53. The van der Waals surface area contributed by atoms with Crippen molar-refractivity contribution in [3.8, 4) is 11.6 Å². The van der Waals surface area contributed by atoms with E-state index in [-0.39, 0.29) is 18.3 Å². The van der Waals surface area contributed by atoms with Crippen LogP contribution in [0.5, 0.6) is 11.6 Å². The molecule has 0 aromatic carbocycles. The largest absolute Gasteiger partial charge is 0.481 e. The van der Waals surface area contributed by atoms with Crippen molar-refractivity contribution in [1.29, 1.82) is 0 Å². The Labute approximate surface area is 190 Å². The second kappa shape index (κ2) is 9.24. The van der Waals surface area contributed by atoms with Crippen LogP contribution in [0.15, 0.2) is 30.5 Å². The van der Waals surface area contributed by atoms with Gasteiger partial charge in [0.15, 0.2) is 18.2 Å². The van der Waals surface area contributed by atoms with Crippen molar-refractivity contribution in [1.82, 2.24) is 25.2 Å². The van der Waals surface area contributed by atoms with Crippen molar-refractivity contribution in [3.63, 3.8) is 0 Å². The summed E-state index contributed by atoms with van der Waals surface area (Å²) in [6.45, 7) is 4.17. The molecule has 0 unspecified atom stereocenters. The molecule has 0 spiro atoms. The first-order chi connectivity index (χ1) is 16.1. The molecule has 1 fully saturated rings. The SMILES string of the molecule is COc1ccc2ncc(F)c(CCN3CC(CNCc4ccc5c(n4)NC(=O)CO5)C3)c2n1. The number of aromatic nitrogens is 3. The van der Waals surface area contributed by atoms with Gasteiger partial charge in [0, 0.05) is 44.4 Å². The van der Waals surface area contributed by atoms with Crippen molar-refractivity contribution in [2.75, 3.05) is 45.2 Å². The summed E-state index contributed by atoms with van der Waals surface area (Å²) in [5.41, 5.74) is 2.65. The van der Waals surface area contributed by atoms with E-state index in [0.29, 0.717) is 52.9 Å². The molecule has 172 valence electrons. The average Bonchev–Trinajstić information content (AvgIpc) is 2.80. The van der Waals surface area contributed by atoms with Gasteiger partial charge in [0.25, 0.3) is 5.91 Å². The number of anilines is 1. The number of hydrogen-bond acceptors (Lipinski definition) is 8. The molecular weight excluding hydrogens is 427 g/mol. The molecule has 0 atom stereocenters. The van der Waals surface area contributed by atoms with E-state index in [9.17, 15) is 9.18 Å². The molecule has 1 amide bonds. The Hall–Kier alpha value is -3.37. The number of pyridine rings is 3. The van der Waals surface area contributed by atoms with Crippen LogP contribution in [-0.4, -0.2) is 65.7 Å². The lowest BCUT2D eigenvalue weighted by atomic mass is 9.99. The lowest BCUT2D eigenvalue weighted by Crippen LogP contribution is -2.51. The Morgan fingerprint density at radius 2 is 2.15 bits per heavy atom. The minimum Gasteiger partial charge on any atom is -0.481 e. The maximum Gasteiger partial charge on any atom is 0.263 e. The Bertz CT molecular complexity index is 1180. The van der Waals surface area contributed by atoms with Crippen molar-refractivity contribution < 1.29 is 18.7 Å². The number of nitrogens with one attached hydrogen (secondary N) is 2. The summed E-state index contributed by atoms with van der Waals surface area (Å²) in [5, 5.41) is 6.15. The normalized spacial score (nSPS) is 16.1. The number of fused-ring (bicyclic) bond motifs is 2. The predicted octanol–water partition coefficient (Wildman–Crippen LogP) is 1.77. The third-order valence-corrected chi connectivity index (χ3v) is 5.93. The van der Waals surface area contributed by atoms with Crippen molar-refractivity contribution in [3.05, 3.63) is 47.5 Å². The van der Waals surface area contributed by atoms with Crippen LogP contribution < -0.4 is 20.1 Å². The third kappa shape index (κ3) is 4.71. The lowest BCUT2D eigenvalue weighted by Gasteiger charge is -2.39. The van der Waals surface area contributed by atoms with Crippen LogP contribution in [0.4, 0.5) is 10.2 Å². The molecule has 9 nitrogen and oxygen atoms in total. The van der Waals surface area contributed by atoms with E-state index in [1.165, 1.54) is 6.20 Å². The molecule has 0 saturated carbocycles. The summed E-state index contributed by atoms with van der Waals surface area (Å²) < 4.78 is 25.0. The first-order valence-corrected chi connectivity index (χ1v) is 10.9. The van der Waals surface area contributed by atoms with Gasteiger partial charge in [-0.2, -0.15) is 0 Å². The first-order valence-electron chi connectivity index (χ1n) is 10.9. The van der Waals surface area contributed by atoms with Crippen LogP contribution in [0.2, 0.25) is 0 Å². The molecule has 3 aromatic rings. The van der Waals surface area contributed by atoms with Gasteiger partial charge in [-0.1, -0.05) is 0 Å². The van der Waals surface area contributed by atoms with Crippen LogP contribution in [-0.2, 0) is 17.8 Å². The highest BCUT2D eigenvalue weighted by Gasteiger charge is 2.26. The van der Waals surface area contributed by atoms with Gasteiger partial charge < -0.3 is 25.0 Å². The molecule has 10 heteroatoms. The average molecular weight is 452 g/mol. The van der Waals surface area contributed by atoms with Gasteiger partial charge >= 0.3 is 0 Å². The number of likely N-dealkylation sites (tertiary alicyclic amines) is 1. The molecular formula is C23H25FN6O3. The number of nitrogens with zero attached hydrogens (tertiary/aromatic N) is 4. The summed E-state index contributed by atoms with van der Waals surface area (Å²) >= 11 is 0. The number of hydrogen-bond donors (Lipinski definition) is 2. The maximum atomic E-state index is 14.5. The monoisotopic (exact) mass is 452 g/mol. The van der Waals surface area contributed by atoms with Gasteiger partial charge in [-0.15, -0.1) is 0 Å². The van der Waals surface area contributed by atoms with E-state index in [1.807, 2.05) is 12.1 Å².